The van der Waals surface area contributed by atoms with Crippen LogP contribution in [-0.2, 0) is 29.2 Å². The number of amides is 1. The molecule has 0 heterocycles. The normalized spacial score (nSPS) is 14.3. The zero-order chi connectivity index (χ0) is 18.3. The van der Waals surface area contributed by atoms with Crippen LogP contribution in [0.25, 0.3) is 0 Å². The minimum absolute atomic E-state index is 0.0308. The van der Waals surface area contributed by atoms with E-state index in [0.717, 1.165) is 6.26 Å². The van der Waals surface area contributed by atoms with Crippen molar-refractivity contribution in [2.45, 2.75) is 51.7 Å². The number of alkyl carbamates (subject to hydrolysis) is 1. The lowest BCUT2D eigenvalue weighted by atomic mass is 10.1. The molecule has 0 fully saturated rings. The van der Waals surface area contributed by atoms with Gasteiger partial charge in [0.2, 0.25) is 0 Å². The lowest BCUT2D eigenvalue weighted by Crippen LogP contribution is -2.40. The summed E-state index contributed by atoms with van der Waals surface area (Å²) in [6, 6.07) is -0.602. The van der Waals surface area contributed by atoms with Crippen molar-refractivity contribution < 1.29 is 35.1 Å². The molecule has 1 amide bonds. The highest BCUT2D eigenvalue weighted by Gasteiger charge is 2.21. The van der Waals surface area contributed by atoms with Gasteiger partial charge in [-0.1, -0.05) is 0 Å². The number of rotatable bonds is 9. The van der Waals surface area contributed by atoms with Gasteiger partial charge in [-0.05, 0) is 40.0 Å². The Bertz CT molecular complexity index is 577. The first-order valence-corrected chi connectivity index (χ1v) is 10.4. The Labute approximate surface area is 137 Å². The summed E-state index contributed by atoms with van der Waals surface area (Å²) in [5, 5.41) is 2.50. The van der Waals surface area contributed by atoms with E-state index in [1.165, 1.54) is 0 Å². The second kappa shape index (κ2) is 8.81. The van der Waals surface area contributed by atoms with E-state index in [0.29, 0.717) is 0 Å². The van der Waals surface area contributed by atoms with Gasteiger partial charge in [-0.2, -0.15) is 16.8 Å². The summed E-state index contributed by atoms with van der Waals surface area (Å²) in [4.78, 5) is 11.7. The first-order valence-electron chi connectivity index (χ1n) is 6.97. The van der Waals surface area contributed by atoms with Crippen LogP contribution in [0.15, 0.2) is 0 Å². The Morgan fingerprint density at radius 1 is 1.17 bits per heavy atom. The van der Waals surface area contributed by atoms with Crippen LogP contribution in [0.2, 0.25) is 0 Å². The molecule has 138 valence electrons. The Balaban J connectivity index is 4.53. The maximum atomic E-state index is 11.7. The number of carbonyl (C=O) groups excluding carboxylic acids is 1. The quantitative estimate of drug-likeness (QED) is 0.345. The SMILES string of the molecule is CC(C)(C)OC(=O)N[C@@H](CCCOS(C)(=O)=O)CCS(=O)(=O)O. The van der Waals surface area contributed by atoms with Crippen molar-refractivity contribution >= 4 is 26.3 Å². The van der Waals surface area contributed by atoms with Crippen molar-refractivity contribution in [3.05, 3.63) is 0 Å². The first kappa shape index (κ1) is 22.1. The van der Waals surface area contributed by atoms with Crippen LogP contribution in [0.1, 0.15) is 40.0 Å². The van der Waals surface area contributed by atoms with Crippen molar-refractivity contribution in [2.24, 2.45) is 0 Å². The van der Waals surface area contributed by atoms with Gasteiger partial charge in [0.1, 0.15) is 5.60 Å². The summed E-state index contributed by atoms with van der Waals surface area (Å²) < 4.78 is 61.8. The topological polar surface area (TPSA) is 136 Å². The molecule has 0 aromatic carbocycles. The molecule has 2 N–H and O–H groups in total. The fraction of sp³-hybridized carbons (Fsp3) is 0.917. The highest BCUT2D eigenvalue weighted by atomic mass is 32.2. The second-order valence-electron chi connectivity index (χ2n) is 6.09. The van der Waals surface area contributed by atoms with Crippen LogP contribution in [0, 0.1) is 0 Å². The molecule has 0 saturated carbocycles. The predicted octanol–water partition coefficient (Wildman–Crippen LogP) is 0.914. The molecule has 1 atom stereocenters. The molecule has 0 aromatic heterocycles. The van der Waals surface area contributed by atoms with E-state index in [-0.39, 0.29) is 25.9 Å². The minimum atomic E-state index is -4.16. The van der Waals surface area contributed by atoms with Crippen molar-refractivity contribution in [1.82, 2.24) is 5.32 Å². The van der Waals surface area contributed by atoms with Crippen LogP contribution in [0.3, 0.4) is 0 Å². The Hall–Kier alpha value is -0.910. The largest absolute Gasteiger partial charge is 0.444 e. The molecule has 0 spiro atoms. The molecule has 0 rings (SSSR count). The number of hydrogen-bond donors (Lipinski definition) is 2. The summed E-state index contributed by atoms with van der Waals surface area (Å²) in [6.45, 7) is 4.95. The van der Waals surface area contributed by atoms with Crippen molar-refractivity contribution in [1.29, 1.82) is 0 Å². The van der Waals surface area contributed by atoms with Crippen molar-refractivity contribution in [3.8, 4) is 0 Å². The van der Waals surface area contributed by atoms with Gasteiger partial charge in [-0.3, -0.25) is 8.74 Å². The predicted molar refractivity (Wildman–Crippen MR) is 84.2 cm³/mol. The third-order valence-corrected chi connectivity index (χ3v) is 3.79. The first-order chi connectivity index (χ1) is 10.2. The number of ether oxygens (including phenoxy) is 1. The molecule has 0 aliphatic rings. The zero-order valence-corrected chi connectivity index (χ0v) is 15.4. The molecule has 0 unspecified atom stereocenters. The van der Waals surface area contributed by atoms with E-state index in [9.17, 15) is 21.6 Å². The van der Waals surface area contributed by atoms with Crippen LogP contribution in [0.4, 0.5) is 4.79 Å². The monoisotopic (exact) mass is 375 g/mol. The lowest BCUT2D eigenvalue weighted by Gasteiger charge is -2.23. The lowest BCUT2D eigenvalue weighted by molar-refractivity contribution is 0.0498. The van der Waals surface area contributed by atoms with E-state index >= 15 is 0 Å². The van der Waals surface area contributed by atoms with Crippen molar-refractivity contribution in [3.63, 3.8) is 0 Å². The fourth-order valence-corrected chi connectivity index (χ4v) is 2.60. The van der Waals surface area contributed by atoms with Gasteiger partial charge in [0.05, 0.1) is 18.6 Å². The maximum Gasteiger partial charge on any atom is 0.407 e. The molecule has 0 bridgehead atoms. The van der Waals surface area contributed by atoms with E-state index in [1.54, 1.807) is 20.8 Å². The van der Waals surface area contributed by atoms with Gasteiger partial charge in [0, 0.05) is 6.04 Å². The molecule has 23 heavy (non-hydrogen) atoms. The minimum Gasteiger partial charge on any atom is -0.444 e. The fourth-order valence-electron chi connectivity index (χ4n) is 1.59. The van der Waals surface area contributed by atoms with Gasteiger partial charge < -0.3 is 10.1 Å². The number of nitrogens with one attached hydrogen (secondary N) is 1. The number of carbonyl (C=O) groups is 1. The van der Waals surface area contributed by atoms with Gasteiger partial charge in [0.15, 0.2) is 0 Å². The molecule has 0 aliphatic carbocycles. The Kier molecular flexibility index (Phi) is 8.46. The van der Waals surface area contributed by atoms with Gasteiger partial charge in [0.25, 0.3) is 20.2 Å². The van der Waals surface area contributed by atoms with Gasteiger partial charge in [-0.15, -0.1) is 0 Å². The summed E-state index contributed by atoms with van der Waals surface area (Å²) in [5.41, 5.74) is -0.711. The van der Waals surface area contributed by atoms with E-state index < -0.39 is 43.7 Å². The number of hydrogen-bond acceptors (Lipinski definition) is 7. The van der Waals surface area contributed by atoms with Crippen molar-refractivity contribution in [2.75, 3.05) is 18.6 Å². The van der Waals surface area contributed by atoms with E-state index in [4.69, 9.17) is 9.29 Å². The van der Waals surface area contributed by atoms with E-state index in [2.05, 4.69) is 9.50 Å². The van der Waals surface area contributed by atoms with Gasteiger partial charge >= 0.3 is 6.09 Å². The average Bonchev–Trinajstić information content (AvgIpc) is 2.26. The molecular weight excluding hydrogens is 350 g/mol. The van der Waals surface area contributed by atoms with Crippen LogP contribution in [-0.4, -0.2) is 57.7 Å². The highest BCUT2D eigenvalue weighted by Crippen LogP contribution is 2.10. The van der Waals surface area contributed by atoms with Crippen LogP contribution >= 0.6 is 0 Å². The summed E-state index contributed by atoms with van der Waals surface area (Å²) in [7, 11) is -7.72. The standard InChI is InChI=1S/C12H25NO8S2/c1-12(2,3)21-11(14)13-10(7-9-23(17,18)19)6-5-8-20-22(4,15)16/h10H,5-9H2,1-4H3,(H,13,14)(H,17,18,19)/t10-/m0/s1. The highest BCUT2D eigenvalue weighted by molar-refractivity contribution is 7.86. The Morgan fingerprint density at radius 2 is 1.74 bits per heavy atom. The zero-order valence-electron chi connectivity index (χ0n) is 13.7. The third kappa shape index (κ3) is 15.8. The molecule has 11 heteroatoms. The summed E-state index contributed by atoms with van der Waals surface area (Å²) in [5.74, 6) is -0.527. The molecule has 0 aliphatic heterocycles. The summed E-state index contributed by atoms with van der Waals surface area (Å²) >= 11 is 0. The molecular formula is C12H25NO8S2. The molecule has 0 saturated heterocycles. The molecule has 0 radical (unpaired) electrons. The molecule has 0 aromatic rings. The summed E-state index contributed by atoms with van der Waals surface area (Å²) in [6.07, 6.45) is 0.712. The maximum absolute atomic E-state index is 11.7. The van der Waals surface area contributed by atoms with Crippen LogP contribution in [0.5, 0.6) is 0 Å². The third-order valence-electron chi connectivity index (χ3n) is 2.44. The molecule has 9 nitrogen and oxygen atoms in total. The van der Waals surface area contributed by atoms with E-state index in [1.807, 2.05) is 0 Å². The average molecular weight is 375 g/mol. The second-order valence-corrected chi connectivity index (χ2v) is 9.30. The van der Waals surface area contributed by atoms with Crippen LogP contribution < -0.4 is 5.32 Å². The Morgan fingerprint density at radius 3 is 2.17 bits per heavy atom. The van der Waals surface area contributed by atoms with Gasteiger partial charge in [-0.25, -0.2) is 4.79 Å². The smallest absolute Gasteiger partial charge is 0.407 e.